The molecule has 0 aliphatic carbocycles. The molecule has 5 nitrogen and oxygen atoms in total. The normalized spacial score (nSPS) is 16.1. The van der Waals surface area contributed by atoms with Gasteiger partial charge >= 0.3 is 0 Å². The van der Waals surface area contributed by atoms with Gasteiger partial charge in [0.25, 0.3) is 5.91 Å². The molecule has 1 unspecified atom stereocenters. The summed E-state index contributed by atoms with van der Waals surface area (Å²) in [6.07, 6.45) is 0. The van der Waals surface area contributed by atoms with Gasteiger partial charge in [0.05, 0.1) is 18.0 Å². The molecule has 1 aliphatic rings. The Hall–Kier alpha value is -2.19. The second-order valence-corrected chi connectivity index (χ2v) is 10.3. The van der Waals surface area contributed by atoms with Crippen LogP contribution in [-0.2, 0) is 0 Å². The van der Waals surface area contributed by atoms with Crippen LogP contribution in [0.2, 0.25) is 0 Å². The first-order chi connectivity index (χ1) is 15.5. The molecule has 170 valence electrons. The third-order valence-electron chi connectivity index (χ3n) is 6.31. The number of likely N-dealkylation sites (N-methyl/N-ethyl adjacent to an activating group) is 1. The standard InChI is InChI=1S/C25H31N3O2S2/c1-5-27-11-13-28(14-12-27)23(19-8-6-9-20(16-19)30-4)22-17(2)18(3)32-25(22)26-24(29)21-10-7-15-31-21/h6-10,15-16,23H,5,11-14H2,1-4H3,(H,26,29). The number of nitrogens with zero attached hydrogens (tertiary/aromatic N) is 2. The summed E-state index contributed by atoms with van der Waals surface area (Å²) < 4.78 is 5.55. The topological polar surface area (TPSA) is 44.8 Å². The minimum absolute atomic E-state index is 0.0392. The average Bonchev–Trinajstić information content (AvgIpc) is 3.45. The van der Waals surface area contributed by atoms with Crippen molar-refractivity contribution in [1.29, 1.82) is 0 Å². The molecule has 4 rings (SSSR count). The van der Waals surface area contributed by atoms with E-state index < -0.39 is 0 Å². The monoisotopic (exact) mass is 469 g/mol. The minimum atomic E-state index is -0.0392. The van der Waals surface area contributed by atoms with Crippen LogP contribution < -0.4 is 10.1 Å². The predicted octanol–water partition coefficient (Wildman–Crippen LogP) is 5.41. The molecule has 1 amide bonds. The van der Waals surface area contributed by atoms with Crippen molar-refractivity contribution in [3.05, 3.63) is 68.2 Å². The van der Waals surface area contributed by atoms with Gasteiger partial charge < -0.3 is 15.0 Å². The SMILES string of the molecule is CCN1CCN(C(c2cccc(OC)c2)c2c(NC(=O)c3cccs3)sc(C)c2C)CC1. The van der Waals surface area contributed by atoms with Crippen LogP contribution >= 0.6 is 22.7 Å². The Morgan fingerprint density at radius 2 is 1.94 bits per heavy atom. The average molecular weight is 470 g/mol. The highest BCUT2D eigenvalue weighted by Gasteiger charge is 2.31. The van der Waals surface area contributed by atoms with Crippen molar-refractivity contribution >= 4 is 33.6 Å². The predicted molar refractivity (Wildman–Crippen MR) is 135 cm³/mol. The maximum Gasteiger partial charge on any atom is 0.266 e. The number of hydrogen-bond acceptors (Lipinski definition) is 6. The van der Waals surface area contributed by atoms with Crippen molar-refractivity contribution in [2.24, 2.45) is 0 Å². The van der Waals surface area contributed by atoms with Gasteiger partial charge in [0, 0.05) is 36.6 Å². The van der Waals surface area contributed by atoms with Gasteiger partial charge in [-0.3, -0.25) is 9.69 Å². The Balaban J connectivity index is 1.76. The Kier molecular flexibility index (Phi) is 7.30. The van der Waals surface area contributed by atoms with E-state index in [2.05, 4.69) is 54.1 Å². The number of aryl methyl sites for hydroxylation is 1. The highest BCUT2D eigenvalue weighted by Crippen LogP contribution is 2.43. The Labute approximate surface area is 198 Å². The van der Waals surface area contributed by atoms with Gasteiger partial charge in [0.1, 0.15) is 10.8 Å². The third kappa shape index (κ3) is 4.76. The number of rotatable bonds is 7. The fourth-order valence-electron chi connectivity index (χ4n) is 4.35. The molecule has 0 radical (unpaired) electrons. The summed E-state index contributed by atoms with van der Waals surface area (Å²) in [6, 6.07) is 12.2. The maximum absolute atomic E-state index is 12.9. The lowest BCUT2D eigenvalue weighted by Gasteiger charge is -2.39. The minimum Gasteiger partial charge on any atom is -0.497 e. The maximum atomic E-state index is 12.9. The lowest BCUT2D eigenvalue weighted by atomic mass is 9.94. The number of piperazine rings is 1. The molecule has 1 fully saturated rings. The summed E-state index contributed by atoms with van der Waals surface area (Å²) >= 11 is 3.14. The number of anilines is 1. The van der Waals surface area contributed by atoms with E-state index in [9.17, 15) is 4.79 Å². The van der Waals surface area contributed by atoms with E-state index in [4.69, 9.17) is 4.74 Å². The molecule has 2 aromatic heterocycles. The highest BCUT2D eigenvalue weighted by atomic mass is 32.1. The molecule has 1 saturated heterocycles. The zero-order valence-corrected chi connectivity index (χ0v) is 20.8. The van der Waals surface area contributed by atoms with E-state index in [1.165, 1.54) is 32.9 Å². The number of carbonyl (C=O) groups excluding carboxylic acids is 1. The summed E-state index contributed by atoms with van der Waals surface area (Å²) in [6.45, 7) is 11.7. The molecule has 0 bridgehead atoms. The lowest BCUT2D eigenvalue weighted by molar-refractivity contribution is 0.102. The van der Waals surface area contributed by atoms with Gasteiger partial charge in [0.15, 0.2) is 0 Å². The number of amides is 1. The fraction of sp³-hybridized carbons (Fsp3) is 0.400. The number of methoxy groups -OCH3 is 1. The first-order valence-corrected chi connectivity index (χ1v) is 12.8. The number of nitrogens with one attached hydrogen (secondary N) is 1. The summed E-state index contributed by atoms with van der Waals surface area (Å²) in [4.78, 5) is 19.9. The lowest BCUT2D eigenvalue weighted by Crippen LogP contribution is -2.47. The van der Waals surface area contributed by atoms with Crippen LogP contribution in [-0.4, -0.2) is 55.5 Å². The van der Waals surface area contributed by atoms with Gasteiger partial charge in [0.2, 0.25) is 0 Å². The molecular formula is C25H31N3O2S2. The van der Waals surface area contributed by atoms with Gasteiger partial charge in [-0.2, -0.15) is 0 Å². The summed E-state index contributed by atoms with van der Waals surface area (Å²) in [5.41, 5.74) is 3.65. The van der Waals surface area contributed by atoms with E-state index in [1.54, 1.807) is 18.4 Å². The van der Waals surface area contributed by atoms with Crippen LogP contribution in [0.15, 0.2) is 41.8 Å². The molecule has 1 aliphatic heterocycles. The smallest absolute Gasteiger partial charge is 0.266 e. The highest BCUT2D eigenvalue weighted by molar-refractivity contribution is 7.17. The van der Waals surface area contributed by atoms with Crippen molar-refractivity contribution in [3.63, 3.8) is 0 Å². The zero-order valence-electron chi connectivity index (χ0n) is 19.2. The number of ether oxygens (including phenoxy) is 1. The quantitative estimate of drug-likeness (QED) is 0.502. The molecule has 3 aromatic rings. The first-order valence-electron chi connectivity index (χ1n) is 11.1. The van der Waals surface area contributed by atoms with Gasteiger partial charge in [-0.25, -0.2) is 0 Å². The van der Waals surface area contributed by atoms with Gasteiger partial charge in [-0.15, -0.1) is 22.7 Å². The molecule has 3 heterocycles. The second kappa shape index (κ2) is 10.2. The van der Waals surface area contributed by atoms with Crippen molar-refractivity contribution in [2.45, 2.75) is 26.8 Å². The van der Waals surface area contributed by atoms with Crippen LogP contribution in [0, 0.1) is 13.8 Å². The summed E-state index contributed by atoms with van der Waals surface area (Å²) in [5.74, 6) is 0.816. The summed E-state index contributed by atoms with van der Waals surface area (Å²) in [5, 5.41) is 6.12. The van der Waals surface area contributed by atoms with E-state index in [0.29, 0.717) is 0 Å². The number of benzene rings is 1. The molecule has 1 aromatic carbocycles. The van der Waals surface area contributed by atoms with E-state index in [1.807, 2.05) is 23.6 Å². The molecule has 32 heavy (non-hydrogen) atoms. The van der Waals surface area contributed by atoms with Crippen LogP contribution in [0.1, 0.15) is 44.2 Å². The van der Waals surface area contributed by atoms with Crippen molar-refractivity contribution in [1.82, 2.24) is 9.80 Å². The molecule has 7 heteroatoms. The van der Waals surface area contributed by atoms with E-state index in [0.717, 1.165) is 48.4 Å². The van der Waals surface area contributed by atoms with Crippen LogP contribution in [0.3, 0.4) is 0 Å². The van der Waals surface area contributed by atoms with Gasteiger partial charge in [-0.1, -0.05) is 25.1 Å². The second-order valence-electron chi connectivity index (χ2n) is 8.11. The van der Waals surface area contributed by atoms with E-state index >= 15 is 0 Å². The number of thiophene rings is 2. The van der Waals surface area contributed by atoms with Crippen LogP contribution in [0.5, 0.6) is 5.75 Å². The number of hydrogen-bond donors (Lipinski definition) is 1. The largest absolute Gasteiger partial charge is 0.497 e. The molecule has 1 atom stereocenters. The van der Waals surface area contributed by atoms with Gasteiger partial charge in [-0.05, 0) is 55.1 Å². The molecule has 0 saturated carbocycles. The molecule has 0 spiro atoms. The molecular weight excluding hydrogens is 438 g/mol. The Bertz CT molecular complexity index is 1050. The Morgan fingerprint density at radius 3 is 2.59 bits per heavy atom. The number of carbonyl (C=O) groups is 1. The Morgan fingerprint density at radius 1 is 1.16 bits per heavy atom. The first kappa shape index (κ1) is 23.0. The van der Waals surface area contributed by atoms with Crippen molar-refractivity contribution < 1.29 is 9.53 Å². The van der Waals surface area contributed by atoms with Crippen molar-refractivity contribution in [2.75, 3.05) is 45.2 Å². The van der Waals surface area contributed by atoms with Crippen molar-refractivity contribution in [3.8, 4) is 5.75 Å². The molecule has 1 N–H and O–H groups in total. The fourth-order valence-corrected chi connectivity index (χ4v) is 6.06. The van der Waals surface area contributed by atoms with Crippen LogP contribution in [0.4, 0.5) is 5.00 Å². The zero-order chi connectivity index (χ0) is 22.7. The summed E-state index contributed by atoms with van der Waals surface area (Å²) in [7, 11) is 1.71. The van der Waals surface area contributed by atoms with Crippen LogP contribution in [0.25, 0.3) is 0 Å². The third-order valence-corrected chi connectivity index (χ3v) is 8.31. The van der Waals surface area contributed by atoms with E-state index in [-0.39, 0.29) is 11.9 Å².